The van der Waals surface area contributed by atoms with Crippen molar-refractivity contribution in [3.8, 4) is 5.75 Å². The van der Waals surface area contributed by atoms with E-state index in [0.29, 0.717) is 6.61 Å². The number of benzene rings is 1. The van der Waals surface area contributed by atoms with Gasteiger partial charge in [-0.1, -0.05) is 26.0 Å². The Morgan fingerprint density at radius 1 is 1.22 bits per heavy atom. The Hall–Kier alpha value is -1.06. The Bertz CT molecular complexity index is 337. The molecule has 0 aliphatic rings. The van der Waals surface area contributed by atoms with Crippen LogP contribution in [0.2, 0.25) is 0 Å². The number of rotatable bonds is 8. The third-order valence-corrected chi connectivity index (χ3v) is 3.04. The van der Waals surface area contributed by atoms with E-state index in [1.54, 1.807) is 0 Å². The van der Waals surface area contributed by atoms with Gasteiger partial charge >= 0.3 is 0 Å². The van der Waals surface area contributed by atoms with Crippen LogP contribution in [0.15, 0.2) is 24.3 Å². The first-order valence-electron chi connectivity index (χ1n) is 6.71. The summed E-state index contributed by atoms with van der Waals surface area (Å²) in [6, 6.07) is 8.11. The molecule has 1 aromatic rings. The minimum Gasteiger partial charge on any atom is -0.492 e. The second-order valence-corrected chi connectivity index (χ2v) is 4.93. The first-order chi connectivity index (χ1) is 8.63. The van der Waals surface area contributed by atoms with E-state index in [1.165, 1.54) is 5.56 Å². The molecule has 0 fully saturated rings. The van der Waals surface area contributed by atoms with Gasteiger partial charge in [0.2, 0.25) is 0 Å². The minimum absolute atomic E-state index is 0.0695. The average molecular weight is 251 g/mol. The van der Waals surface area contributed by atoms with Crippen LogP contribution in [0, 0.1) is 0 Å². The molecular formula is C15H25NO2. The van der Waals surface area contributed by atoms with Crippen molar-refractivity contribution in [2.45, 2.75) is 39.2 Å². The zero-order valence-corrected chi connectivity index (χ0v) is 11.7. The monoisotopic (exact) mass is 251 g/mol. The number of aliphatic hydroxyl groups excluding tert-OH is 1. The van der Waals surface area contributed by atoms with Gasteiger partial charge in [-0.15, -0.1) is 0 Å². The van der Waals surface area contributed by atoms with Gasteiger partial charge in [-0.05, 0) is 44.0 Å². The Morgan fingerprint density at radius 3 is 2.39 bits per heavy atom. The van der Waals surface area contributed by atoms with E-state index in [-0.39, 0.29) is 12.1 Å². The summed E-state index contributed by atoms with van der Waals surface area (Å²) in [6.45, 7) is 7.63. The summed E-state index contributed by atoms with van der Waals surface area (Å²) in [5.74, 6) is 0.852. The highest BCUT2D eigenvalue weighted by molar-refractivity contribution is 5.27. The molecule has 1 rings (SSSR count). The minimum atomic E-state index is -0.376. The zero-order chi connectivity index (χ0) is 13.4. The maximum atomic E-state index is 9.43. The lowest BCUT2D eigenvalue weighted by Crippen LogP contribution is -2.50. The van der Waals surface area contributed by atoms with E-state index in [9.17, 15) is 5.11 Å². The van der Waals surface area contributed by atoms with Gasteiger partial charge in [-0.3, -0.25) is 0 Å². The van der Waals surface area contributed by atoms with Crippen LogP contribution in [0.5, 0.6) is 5.75 Å². The third kappa shape index (κ3) is 4.67. The molecule has 1 aromatic carbocycles. The summed E-state index contributed by atoms with van der Waals surface area (Å²) >= 11 is 0. The third-order valence-electron chi connectivity index (χ3n) is 3.04. The lowest BCUT2D eigenvalue weighted by Gasteiger charge is -2.28. The molecule has 102 valence electrons. The van der Waals surface area contributed by atoms with Gasteiger partial charge in [0.15, 0.2) is 0 Å². The number of nitrogens with one attached hydrogen (secondary N) is 1. The topological polar surface area (TPSA) is 41.5 Å². The van der Waals surface area contributed by atoms with Crippen molar-refractivity contribution >= 4 is 0 Å². The predicted molar refractivity (Wildman–Crippen MR) is 75.1 cm³/mol. The van der Waals surface area contributed by atoms with Gasteiger partial charge in [0.1, 0.15) is 12.4 Å². The van der Waals surface area contributed by atoms with Crippen LogP contribution in [0.1, 0.15) is 32.8 Å². The number of hydrogen-bond acceptors (Lipinski definition) is 3. The van der Waals surface area contributed by atoms with Gasteiger partial charge in [0.05, 0.1) is 12.1 Å². The molecular weight excluding hydrogens is 226 g/mol. The van der Waals surface area contributed by atoms with E-state index in [4.69, 9.17) is 4.74 Å². The van der Waals surface area contributed by atoms with Gasteiger partial charge in [0.25, 0.3) is 0 Å². The molecule has 0 aliphatic heterocycles. The molecule has 0 radical (unpaired) electrons. The smallest absolute Gasteiger partial charge is 0.119 e. The average Bonchev–Trinajstić information content (AvgIpc) is 2.43. The highest BCUT2D eigenvalue weighted by atomic mass is 16.5. The van der Waals surface area contributed by atoms with Crippen LogP contribution in [0.3, 0.4) is 0 Å². The van der Waals surface area contributed by atoms with Gasteiger partial charge in [-0.25, -0.2) is 0 Å². The second-order valence-electron chi connectivity index (χ2n) is 4.93. The Labute approximate surface area is 110 Å². The van der Waals surface area contributed by atoms with E-state index in [2.05, 4.69) is 31.3 Å². The highest BCUT2D eigenvalue weighted by Crippen LogP contribution is 2.14. The first-order valence-corrected chi connectivity index (χ1v) is 6.71. The van der Waals surface area contributed by atoms with Gasteiger partial charge in [-0.2, -0.15) is 0 Å². The quantitative estimate of drug-likeness (QED) is 0.745. The summed E-state index contributed by atoms with van der Waals surface area (Å²) in [4.78, 5) is 0. The maximum Gasteiger partial charge on any atom is 0.119 e. The number of aliphatic hydroxyl groups is 1. The largest absolute Gasteiger partial charge is 0.492 e. The molecule has 0 amide bonds. The molecule has 0 spiro atoms. The van der Waals surface area contributed by atoms with Crippen molar-refractivity contribution in [2.75, 3.05) is 19.8 Å². The lowest BCUT2D eigenvalue weighted by atomic mass is 10.1. The molecule has 2 N–H and O–H groups in total. The number of ether oxygens (including phenoxy) is 1. The number of aryl methyl sites for hydroxylation is 1. The predicted octanol–water partition coefficient (Wildman–Crippen LogP) is 2.38. The summed E-state index contributed by atoms with van der Waals surface area (Å²) < 4.78 is 5.74. The van der Waals surface area contributed by atoms with E-state index >= 15 is 0 Å². The van der Waals surface area contributed by atoms with Gasteiger partial charge in [0, 0.05) is 0 Å². The van der Waals surface area contributed by atoms with Crippen LogP contribution in [0.4, 0.5) is 0 Å². The maximum absolute atomic E-state index is 9.43. The van der Waals surface area contributed by atoms with Crippen molar-refractivity contribution < 1.29 is 9.84 Å². The summed E-state index contributed by atoms with van der Waals surface area (Å²) in [5.41, 5.74) is 0.927. The molecule has 0 saturated carbocycles. The Morgan fingerprint density at radius 2 is 1.89 bits per heavy atom. The van der Waals surface area contributed by atoms with Crippen LogP contribution in [-0.2, 0) is 6.42 Å². The van der Waals surface area contributed by atoms with Crippen molar-refractivity contribution in [1.29, 1.82) is 0 Å². The second kappa shape index (κ2) is 7.39. The van der Waals surface area contributed by atoms with Crippen LogP contribution in [-0.4, -0.2) is 30.4 Å². The lowest BCUT2D eigenvalue weighted by molar-refractivity contribution is 0.116. The Balaban J connectivity index is 2.50. The van der Waals surface area contributed by atoms with Crippen molar-refractivity contribution in [2.24, 2.45) is 0 Å². The van der Waals surface area contributed by atoms with Crippen molar-refractivity contribution in [1.82, 2.24) is 5.32 Å². The summed E-state index contributed by atoms with van der Waals surface area (Å²) in [5, 5.41) is 12.7. The van der Waals surface area contributed by atoms with Crippen LogP contribution < -0.4 is 10.1 Å². The van der Waals surface area contributed by atoms with Crippen molar-refractivity contribution in [3.05, 3.63) is 29.8 Å². The van der Waals surface area contributed by atoms with Crippen LogP contribution >= 0.6 is 0 Å². The fraction of sp³-hybridized carbons (Fsp3) is 0.600. The molecule has 1 atom stereocenters. The normalized spacial score (nSPS) is 14.2. The fourth-order valence-corrected chi connectivity index (χ4v) is 1.64. The molecule has 0 aromatic heterocycles. The molecule has 3 heteroatoms. The summed E-state index contributed by atoms with van der Waals surface area (Å²) in [7, 11) is 0. The van der Waals surface area contributed by atoms with E-state index < -0.39 is 0 Å². The zero-order valence-electron chi connectivity index (χ0n) is 11.7. The first kappa shape index (κ1) is 15.0. The molecule has 0 aliphatic carbocycles. The molecule has 0 saturated heterocycles. The fourth-order valence-electron chi connectivity index (χ4n) is 1.64. The number of hydrogen-bond donors (Lipinski definition) is 2. The Kier molecular flexibility index (Phi) is 6.16. The van der Waals surface area contributed by atoms with Crippen molar-refractivity contribution in [3.63, 3.8) is 0 Å². The SMILES string of the molecule is CCCNC(C)(CO)COc1ccc(CC)cc1. The van der Waals surface area contributed by atoms with Gasteiger partial charge < -0.3 is 15.2 Å². The molecule has 1 unspecified atom stereocenters. The molecule has 18 heavy (non-hydrogen) atoms. The van der Waals surface area contributed by atoms with E-state index in [0.717, 1.165) is 25.1 Å². The molecule has 0 heterocycles. The summed E-state index contributed by atoms with van der Waals surface area (Å²) in [6.07, 6.45) is 2.08. The standard InChI is InChI=1S/C15H25NO2/c1-4-10-16-15(3,11-17)12-18-14-8-6-13(5-2)7-9-14/h6-9,16-17H,4-5,10-12H2,1-3H3. The molecule has 3 nitrogen and oxygen atoms in total. The molecule has 0 bridgehead atoms. The van der Waals surface area contributed by atoms with E-state index in [1.807, 2.05) is 19.1 Å². The van der Waals surface area contributed by atoms with Crippen LogP contribution in [0.25, 0.3) is 0 Å². The highest BCUT2D eigenvalue weighted by Gasteiger charge is 2.23.